The number of carbonyl (C=O) groups is 1. The van der Waals surface area contributed by atoms with Crippen molar-refractivity contribution in [3.8, 4) is 0 Å². The predicted molar refractivity (Wildman–Crippen MR) is 89.6 cm³/mol. The van der Waals surface area contributed by atoms with Crippen LogP contribution in [0.15, 0.2) is 36.4 Å². The summed E-state index contributed by atoms with van der Waals surface area (Å²) in [6, 6.07) is 6.59. The summed E-state index contributed by atoms with van der Waals surface area (Å²) < 4.78 is 51.1. The first-order valence-electron chi connectivity index (χ1n) is 7.02. The predicted octanol–water partition coefficient (Wildman–Crippen LogP) is 5.59. The molecule has 2 aromatic rings. The minimum atomic E-state index is -4.49. The largest absolute Gasteiger partial charge is 0.416 e. The zero-order valence-electron chi connectivity index (χ0n) is 12.6. The summed E-state index contributed by atoms with van der Waals surface area (Å²) >= 11 is 11.4. The normalized spacial score (nSPS) is 11.3. The average Bonchev–Trinajstić information content (AvgIpc) is 2.51. The van der Waals surface area contributed by atoms with Crippen molar-refractivity contribution in [2.75, 3.05) is 17.2 Å². The first-order valence-corrected chi connectivity index (χ1v) is 7.78. The summed E-state index contributed by atoms with van der Waals surface area (Å²) in [5, 5.41) is 5.16. The molecule has 2 aromatic carbocycles. The van der Waals surface area contributed by atoms with E-state index in [1.807, 2.05) is 0 Å². The molecule has 25 heavy (non-hydrogen) atoms. The molecule has 0 radical (unpaired) electrons. The molecule has 0 unspecified atom stereocenters. The second kappa shape index (κ2) is 7.93. The summed E-state index contributed by atoms with van der Waals surface area (Å²) in [5.41, 5.74) is -0.451. The molecular formula is C16H12Cl2F4N2O. The Balaban J connectivity index is 1.91. The van der Waals surface area contributed by atoms with Crippen LogP contribution in [0.5, 0.6) is 0 Å². The Morgan fingerprint density at radius 1 is 1.04 bits per heavy atom. The number of carbonyl (C=O) groups excluding carboxylic acids is 1. The zero-order chi connectivity index (χ0) is 18.6. The lowest BCUT2D eigenvalue weighted by Gasteiger charge is -2.12. The quantitative estimate of drug-likeness (QED) is 0.648. The van der Waals surface area contributed by atoms with Crippen LogP contribution in [0, 0.1) is 5.82 Å². The third-order valence-electron chi connectivity index (χ3n) is 3.16. The van der Waals surface area contributed by atoms with Crippen LogP contribution in [-0.2, 0) is 11.0 Å². The lowest BCUT2D eigenvalue weighted by atomic mass is 10.2. The Morgan fingerprint density at radius 2 is 1.76 bits per heavy atom. The topological polar surface area (TPSA) is 41.1 Å². The smallest absolute Gasteiger partial charge is 0.383 e. The van der Waals surface area contributed by atoms with Crippen molar-refractivity contribution in [1.82, 2.24) is 0 Å². The highest BCUT2D eigenvalue weighted by Gasteiger charge is 2.30. The molecule has 0 saturated heterocycles. The first-order chi connectivity index (χ1) is 11.7. The second-order valence-electron chi connectivity index (χ2n) is 5.05. The van der Waals surface area contributed by atoms with E-state index in [9.17, 15) is 22.4 Å². The van der Waals surface area contributed by atoms with Crippen LogP contribution < -0.4 is 10.6 Å². The summed E-state index contributed by atoms with van der Waals surface area (Å²) in [4.78, 5) is 11.8. The molecule has 2 N–H and O–H groups in total. The number of amides is 1. The van der Waals surface area contributed by atoms with Crippen molar-refractivity contribution in [2.45, 2.75) is 12.6 Å². The minimum Gasteiger partial charge on any atom is -0.383 e. The van der Waals surface area contributed by atoms with Crippen molar-refractivity contribution >= 4 is 40.5 Å². The molecule has 0 heterocycles. The molecule has 0 fully saturated rings. The molecular weight excluding hydrogens is 383 g/mol. The van der Waals surface area contributed by atoms with Gasteiger partial charge in [-0.25, -0.2) is 4.39 Å². The molecule has 0 saturated carbocycles. The monoisotopic (exact) mass is 394 g/mol. The fourth-order valence-electron chi connectivity index (χ4n) is 1.95. The second-order valence-corrected chi connectivity index (χ2v) is 5.86. The number of alkyl halides is 3. The molecule has 134 valence electrons. The summed E-state index contributed by atoms with van der Waals surface area (Å²) in [6.07, 6.45) is -4.53. The van der Waals surface area contributed by atoms with Gasteiger partial charge in [0.25, 0.3) is 0 Å². The van der Waals surface area contributed by atoms with E-state index < -0.39 is 23.5 Å². The van der Waals surface area contributed by atoms with Gasteiger partial charge in [0, 0.05) is 18.7 Å². The Bertz CT molecular complexity index is 781. The van der Waals surface area contributed by atoms with E-state index in [-0.39, 0.29) is 28.7 Å². The maximum atomic E-state index is 13.0. The van der Waals surface area contributed by atoms with Crippen LogP contribution in [0.25, 0.3) is 0 Å². The third-order valence-corrected chi connectivity index (χ3v) is 3.78. The molecule has 0 atom stereocenters. The van der Waals surface area contributed by atoms with Crippen LogP contribution in [-0.4, -0.2) is 12.5 Å². The Morgan fingerprint density at radius 3 is 2.40 bits per heavy atom. The zero-order valence-corrected chi connectivity index (χ0v) is 14.1. The van der Waals surface area contributed by atoms with Crippen LogP contribution in [0.1, 0.15) is 12.0 Å². The minimum absolute atomic E-state index is 0.0401. The maximum Gasteiger partial charge on any atom is 0.416 e. The van der Waals surface area contributed by atoms with Gasteiger partial charge in [-0.3, -0.25) is 4.79 Å². The van der Waals surface area contributed by atoms with Gasteiger partial charge in [-0.1, -0.05) is 23.2 Å². The van der Waals surface area contributed by atoms with Gasteiger partial charge in [0.15, 0.2) is 0 Å². The maximum absolute atomic E-state index is 13.0. The molecule has 9 heteroatoms. The van der Waals surface area contributed by atoms with Crippen molar-refractivity contribution in [1.29, 1.82) is 0 Å². The van der Waals surface area contributed by atoms with Crippen molar-refractivity contribution < 1.29 is 22.4 Å². The van der Waals surface area contributed by atoms with Crippen molar-refractivity contribution in [3.63, 3.8) is 0 Å². The average molecular weight is 395 g/mol. The lowest BCUT2D eigenvalue weighted by Crippen LogP contribution is -2.16. The summed E-state index contributed by atoms with van der Waals surface area (Å²) in [6.45, 7) is 0.0573. The highest BCUT2D eigenvalue weighted by Crippen LogP contribution is 2.33. The molecule has 0 aliphatic rings. The molecule has 0 spiro atoms. The summed E-state index contributed by atoms with van der Waals surface area (Å²) in [7, 11) is 0. The van der Waals surface area contributed by atoms with Gasteiger partial charge in [0.2, 0.25) is 5.91 Å². The highest BCUT2D eigenvalue weighted by molar-refractivity contribution is 6.33. The molecule has 3 nitrogen and oxygen atoms in total. The standard InChI is InChI=1S/C16H12Cl2F4N2O/c17-11-3-1-9(16(20,21)22)7-14(11)23-6-5-15(25)24-10-2-4-13(19)12(18)8-10/h1-4,7-8,23H,5-6H2,(H,24,25). The van der Waals surface area contributed by atoms with Gasteiger partial charge in [0.1, 0.15) is 5.82 Å². The molecule has 2 rings (SSSR count). The Kier molecular flexibility index (Phi) is 6.13. The number of hydrogen-bond acceptors (Lipinski definition) is 2. The van der Waals surface area contributed by atoms with Gasteiger partial charge >= 0.3 is 6.18 Å². The summed E-state index contributed by atoms with van der Waals surface area (Å²) in [5.74, 6) is -1.03. The Hall–Kier alpha value is -1.99. The number of rotatable bonds is 5. The Labute approximate surface area is 150 Å². The van der Waals surface area contributed by atoms with Gasteiger partial charge in [0.05, 0.1) is 21.3 Å². The van der Waals surface area contributed by atoms with E-state index >= 15 is 0 Å². The van der Waals surface area contributed by atoms with Gasteiger partial charge in [-0.15, -0.1) is 0 Å². The molecule has 0 bridgehead atoms. The molecule has 0 aliphatic heterocycles. The third kappa shape index (κ3) is 5.51. The van der Waals surface area contributed by atoms with E-state index in [0.29, 0.717) is 5.69 Å². The molecule has 1 amide bonds. The van der Waals surface area contributed by atoms with Crippen molar-refractivity contribution in [2.24, 2.45) is 0 Å². The van der Waals surface area contributed by atoms with Gasteiger partial charge in [-0.05, 0) is 36.4 Å². The van der Waals surface area contributed by atoms with Gasteiger partial charge < -0.3 is 10.6 Å². The van der Waals surface area contributed by atoms with E-state index in [1.54, 1.807) is 0 Å². The first kappa shape index (κ1) is 19.3. The fourth-order valence-corrected chi connectivity index (χ4v) is 2.31. The van der Waals surface area contributed by atoms with E-state index in [4.69, 9.17) is 23.2 Å². The number of halogens is 6. The van der Waals surface area contributed by atoms with Crippen LogP contribution in [0.3, 0.4) is 0 Å². The number of nitrogens with one attached hydrogen (secondary N) is 2. The van der Waals surface area contributed by atoms with E-state index in [0.717, 1.165) is 24.3 Å². The van der Waals surface area contributed by atoms with Crippen LogP contribution in [0.2, 0.25) is 10.0 Å². The SMILES string of the molecule is O=C(CCNc1cc(C(F)(F)F)ccc1Cl)Nc1ccc(F)c(Cl)c1. The molecule has 0 aromatic heterocycles. The highest BCUT2D eigenvalue weighted by atomic mass is 35.5. The van der Waals surface area contributed by atoms with Crippen molar-refractivity contribution in [3.05, 3.63) is 57.8 Å². The number of hydrogen-bond donors (Lipinski definition) is 2. The number of benzene rings is 2. The van der Waals surface area contributed by atoms with Crippen LogP contribution in [0.4, 0.5) is 28.9 Å². The van der Waals surface area contributed by atoms with E-state index in [1.165, 1.54) is 12.1 Å². The lowest BCUT2D eigenvalue weighted by molar-refractivity contribution is -0.137. The number of anilines is 2. The van der Waals surface area contributed by atoms with E-state index in [2.05, 4.69) is 10.6 Å². The fraction of sp³-hybridized carbons (Fsp3) is 0.188. The van der Waals surface area contributed by atoms with Gasteiger partial charge in [-0.2, -0.15) is 13.2 Å². The molecule has 0 aliphatic carbocycles. The van der Waals surface area contributed by atoms with Crippen LogP contribution >= 0.6 is 23.2 Å².